The van der Waals surface area contributed by atoms with Gasteiger partial charge in [0, 0.05) is 18.2 Å². The average molecular weight is 180 g/mol. The SMILES string of the molecule is CC(O)C(=O)Cc1cccnc1N. The average Bonchev–Trinajstić information content (AvgIpc) is 2.08. The molecule has 1 aromatic rings. The van der Waals surface area contributed by atoms with Gasteiger partial charge in [-0.15, -0.1) is 0 Å². The maximum absolute atomic E-state index is 11.1. The van der Waals surface area contributed by atoms with Gasteiger partial charge in [0.1, 0.15) is 11.9 Å². The Kier molecular flexibility index (Phi) is 2.97. The molecule has 1 rings (SSSR count). The standard InChI is InChI=1S/C9H12N2O2/c1-6(12)8(13)5-7-3-2-4-11-9(7)10/h2-4,6,12H,5H2,1H3,(H2,10,11). The van der Waals surface area contributed by atoms with Crippen LogP contribution < -0.4 is 5.73 Å². The van der Waals surface area contributed by atoms with E-state index in [-0.39, 0.29) is 12.2 Å². The van der Waals surface area contributed by atoms with E-state index < -0.39 is 6.10 Å². The summed E-state index contributed by atoms with van der Waals surface area (Å²) in [6.07, 6.45) is 0.753. The molecule has 0 aliphatic rings. The van der Waals surface area contributed by atoms with E-state index in [1.165, 1.54) is 6.92 Å². The highest BCUT2D eigenvalue weighted by molar-refractivity contribution is 5.85. The summed E-state index contributed by atoms with van der Waals surface area (Å²) < 4.78 is 0. The first kappa shape index (κ1) is 9.67. The number of nitrogen functional groups attached to an aromatic ring is 1. The number of anilines is 1. The third-order valence-electron chi connectivity index (χ3n) is 1.76. The smallest absolute Gasteiger partial charge is 0.165 e. The molecule has 0 aromatic carbocycles. The second-order valence-electron chi connectivity index (χ2n) is 2.87. The summed E-state index contributed by atoms with van der Waals surface area (Å²) in [5.41, 5.74) is 6.18. The Morgan fingerprint density at radius 3 is 3.00 bits per heavy atom. The molecule has 1 aromatic heterocycles. The van der Waals surface area contributed by atoms with Crippen LogP contribution in [-0.2, 0) is 11.2 Å². The monoisotopic (exact) mass is 180 g/mol. The van der Waals surface area contributed by atoms with Crippen molar-refractivity contribution >= 4 is 11.6 Å². The van der Waals surface area contributed by atoms with Gasteiger partial charge in [0.15, 0.2) is 5.78 Å². The van der Waals surface area contributed by atoms with E-state index in [1.807, 2.05) is 0 Å². The first-order valence-electron chi connectivity index (χ1n) is 4.01. The number of aliphatic hydroxyl groups excluding tert-OH is 1. The molecule has 0 fully saturated rings. The lowest BCUT2D eigenvalue weighted by Gasteiger charge is -2.04. The Morgan fingerprint density at radius 2 is 2.46 bits per heavy atom. The van der Waals surface area contributed by atoms with E-state index in [0.29, 0.717) is 11.4 Å². The lowest BCUT2D eigenvalue weighted by molar-refractivity contribution is -0.125. The van der Waals surface area contributed by atoms with Gasteiger partial charge in [-0.05, 0) is 13.0 Å². The van der Waals surface area contributed by atoms with E-state index in [2.05, 4.69) is 4.98 Å². The molecule has 0 amide bonds. The van der Waals surface area contributed by atoms with Crippen molar-refractivity contribution in [1.29, 1.82) is 0 Å². The molecule has 0 radical (unpaired) electrons. The fourth-order valence-corrected chi connectivity index (χ4v) is 0.936. The fourth-order valence-electron chi connectivity index (χ4n) is 0.936. The van der Waals surface area contributed by atoms with Gasteiger partial charge in [0.25, 0.3) is 0 Å². The van der Waals surface area contributed by atoms with Crippen molar-refractivity contribution in [2.24, 2.45) is 0 Å². The molecule has 0 saturated heterocycles. The van der Waals surface area contributed by atoms with Crippen molar-refractivity contribution in [2.45, 2.75) is 19.4 Å². The van der Waals surface area contributed by atoms with E-state index in [4.69, 9.17) is 10.8 Å². The van der Waals surface area contributed by atoms with Crippen LogP contribution in [0.3, 0.4) is 0 Å². The summed E-state index contributed by atoms with van der Waals surface area (Å²) in [5.74, 6) is 0.0937. The van der Waals surface area contributed by atoms with Crippen molar-refractivity contribution in [1.82, 2.24) is 4.98 Å². The second kappa shape index (κ2) is 4.00. The first-order chi connectivity index (χ1) is 6.11. The van der Waals surface area contributed by atoms with Gasteiger partial charge in [-0.25, -0.2) is 4.98 Å². The van der Waals surface area contributed by atoms with Crippen LogP contribution in [0, 0.1) is 0 Å². The van der Waals surface area contributed by atoms with Crippen LogP contribution in [0.25, 0.3) is 0 Å². The largest absolute Gasteiger partial charge is 0.386 e. The summed E-state index contributed by atoms with van der Waals surface area (Å²) in [5, 5.41) is 8.96. The van der Waals surface area contributed by atoms with Gasteiger partial charge in [-0.1, -0.05) is 6.07 Å². The number of ketones is 1. The maximum atomic E-state index is 11.1. The normalized spacial score (nSPS) is 12.5. The molecule has 0 aliphatic heterocycles. The quantitative estimate of drug-likeness (QED) is 0.694. The topological polar surface area (TPSA) is 76.2 Å². The van der Waals surface area contributed by atoms with Gasteiger partial charge in [-0.2, -0.15) is 0 Å². The van der Waals surface area contributed by atoms with Crippen LogP contribution >= 0.6 is 0 Å². The van der Waals surface area contributed by atoms with Crippen molar-refractivity contribution in [3.8, 4) is 0 Å². The summed E-state index contributed by atoms with van der Waals surface area (Å²) in [6.45, 7) is 1.44. The molecule has 1 unspecified atom stereocenters. The first-order valence-corrected chi connectivity index (χ1v) is 4.01. The zero-order chi connectivity index (χ0) is 9.84. The molecule has 70 valence electrons. The number of carbonyl (C=O) groups is 1. The summed E-state index contributed by atoms with van der Waals surface area (Å²) >= 11 is 0. The third kappa shape index (κ3) is 2.52. The Hall–Kier alpha value is -1.42. The highest BCUT2D eigenvalue weighted by Gasteiger charge is 2.11. The highest BCUT2D eigenvalue weighted by atomic mass is 16.3. The van der Waals surface area contributed by atoms with Crippen LogP contribution in [0.5, 0.6) is 0 Å². The number of aromatic nitrogens is 1. The van der Waals surface area contributed by atoms with Crippen LogP contribution in [0.1, 0.15) is 12.5 Å². The minimum Gasteiger partial charge on any atom is -0.386 e. The second-order valence-corrected chi connectivity index (χ2v) is 2.87. The lowest BCUT2D eigenvalue weighted by atomic mass is 10.1. The van der Waals surface area contributed by atoms with E-state index in [1.54, 1.807) is 18.3 Å². The van der Waals surface area contributed by atoms with Crippen LogP contribution in [0.15, 0.2) is 18.3 Å². The minimum absolute atomic E-state index is 0.136. The molecule has 3 N–H and O–H groups in total. The number of hydrogen-bond donors (Lipinski definition) is 2. The van der Waals surface area contributed by atoms with E-state index in [0.717, 1.165) is 0 Å². The summed E-state index contributed by atoms with van der Waals surface area (Å²) in [6, 6.07) is 3.43. The molecule has 0 spiro atoms. The molecule has 1 atom stereocenters. The Labute approximate surface area is 76.4 Å². The number of rotatable bonds is 3. The van der Waals surface area contributed by atoms with E-state index >= 15 is 0 Å². The Morgan fingerprint density at radius 1 is 1.77 bits per heavy atom. The Bertz CT molecular complexity index is 310. The molecule has 0 bridgehead atoms. The van der Waals surface area contributed by atoms with E-state index in [9.17, 15) is 4.79 Å². The molecule has 0 saturated carbocycles. The minimum atomic E-state index is -0.945. The number of carbonyl (C=O) groups excluding carboxylic acids is 1. The third-order valence-corrected chi connectivity index (χ3v) is 1.76. The van der Waals surface area contributed by atoms with Crippen LogP contribution in [-0.4, -0.2) is 22.0 Å². The molecule has 4 nitrogen and oxygen atoms in total. The van der Waals surface area contributed by atoms with Crippen molar-refractivity contribution in [3.63, 3.8) is 0 Å². The molecule has 1 heterocycles. The van der Waals surface area contributed by atoms with Crippen molar-refractivity contribution in [3.05, 3.63) is 23.9 Å². The molecule has 0 aliphatic carbocycles. The van der Waals surface area contributed by atoms with Gasteiger partial charge >= 0.3 is 0 Å². The highest BCUT2D eigenvalue weighted by Crippen LogP contribution is 2.08. The van der Waals surface area contributed by atoms with Gasteiger partial charge in [0.2, 0.25) is 0 Å². The zero-order valence-electron chi connectivity index (χ0n) is 7.40. The van der Waals surface area contributed by atoms with Gasteiger partial charge < -0.3 is 10.8 Å². The number of aliphatic hydroxyl groups is 1. The van der Waals surface area contributed by atoms with Gasteiger partial charge in [0.05, 0.1) is 0 Å². The Balaban J connectivity index is 2.75. The number of nitrogens with two attached hydrogens (primary N) is 1. The van der Waals surface area contributed by atoms with Crippen molar-refractivity contribution < 1.29 is 9.90 Å². The molecular weight excluding hydrogens is 168 g/mol. The summed E-state index contributed by atoms with van der Waals surface area (Å²) in [4.78, 5) is 15.0. The number of hydrogen-bond acceptors (Lipinski definition) is 4. The number of pyridine rings is 1. The molecule has 13 heavy (non-hydrogen) atoms. The lowest BCUT2D eigenvalue weighted by Crippen LogP contribution is -2.19. The fraction of sp³-hybridized carbons (Fsp3) is 0.333. The van der Waals surface area contributed by atoms with Crippen LogP contribution in [0.4, 0.5) is 5.82 Å². The molecular formula is C9H12N2O2. The maximum Gasteiger partial charge on any atom is 0.165 e. The number of nitrogens with zero attached hydrogens (tertiary/aromatic N) is 1. The van der Waals surface area contributed by atoms with Crippen LogP contribution in [0.2, 0.25) is 0 Å². The predicted molar refractivity (Wildman–Crippen MR) is 49.0 cm³/mol. The van der Waals surface area contributed by atoms with Gasteiger partial charge in [-0.3, -0.25) is 4.79 Å². The number of Topliss-reactive ketones (excluding diaryl/α,β-unsaturated/α-hetero) is 1. The molecule has 4 heteroatoms. The predicted octanol–water partition coefficient (Wildman–Crippen LogP) is 0.156. The van der Waals surface area contributed by atoms with Crippen molar-refractivity contribution in [2.75, 3.05) is 5.73 Å². The zero-order valence-corrected chi connectivity index (χ0v) is 7.40. The summed E-state index contributed by atoms with van der Waals surface area (Å²) in [7, 11) is 0.